The lowest BCUT2D eigenvalue weighted by molar-refractivity contribution is -0.123. The maximum atomic E-state index is 11.7. The van der Waals surface area contributed by atoms with Gasteiger partial charge in [0.1, 0.15) is 0 Å². The molecule has 2 rings (SSSR count). The summed E-state index contributed by atoms with van der Waals surface area (Å²) in [6.07, 6.45) is 7.99. The summed E-state index contributed by atoms with van der Waals surface area (Å²) in [6, 6.07) is 7.23. The number of nitrogens with zero attached hydrogens (tertiary/aromatic N) is 1. The van der Waals surface area contributed by atoms with Crippen LogP contribution in [0.2, 0.25) is 0 Å². The molecule has 1 amide bonds. The molecule has 0 atom stereocenters. The van der Waals surface area contributed by atoms with E-state index in [4.69, 9.17) is 9.47 Å². The molecule has 0 heterocycles. The summed E-state index contributed by atoms with van der Waals surface area (Å²) >= 11 is 0. The van der Waals surface area contributed by atoms with Crippen LogP contribution in [0.5, 0.6) is 11.5 Å². The fourth-order valence-corrected chi connectivity index (χ4v) is 2.41. The molecule has 1 N–H and O–H groups in total. The Bertz CT molecular complexity index is 482. The molecule has 0 spiro atoms. The normalized spacial score (nSPS) is 15.9. The summed E-state index contributed by atoms with van der Waals surface area (Å²) in [7, 11) is 1.57. The molecule has 5 nitrogen and oxygen atoms in total. The van der Waals surface area contributed by atoms with Gasteiger partial charge in [0.25, 0.3) is 5.91 Å². The van der Waals surface area contributed by atoms with Crippen LogP contribution < -0.4 is 14.9 Å². The Labute approximate surface area is 125 Å². The van der Waals surface area contributed by atoms with Crippen LogP contribution in [0.25, 0.3) is 0 Å². The Hall–Kier alpha value is -2.04. The van der Waals surface area contributed by atoms with Gasteiger partial charge in [-0.15, -0.1) is 0 Å². The molecule has 1 aliphatic rings. The summed E-state index contributed by atoms with van der Waals surface area (Å²) in [5, 5.41) is 4.01. The second-order valence-corrected chi connectivity index (χ2v) is 5.15. The molecule has 1 aliphatic carbocycles. The summed E-state index contributed by atoms with van der Waals surface area (Å²) < 4.78 is 10.6. The molecule has 114 valence electrons. The molecule has 0 bridgehead atoms. The van der Waals surface area contributed by atoms with Crippen molar-refractivity contribution < 1.29 is 14.3 Å². The average molecular weight is 290 g/mol. The highest BCUT2D eigenvalue weighted by atomic mass is 16.5. The van der Waals surface area contributed by atoms with Gasteiger partial charge in [0.15, 0.2) is 18.1 Å². The number of amides is 1. The summed E-state index contributed by atoms with van der Waals surface area (Å²) in [5.41, 5.74) is 2.50. The van der Waals surface area contributed by atoms with E-state index in [2.05, 4.69) is 10.5 Å². The van der Waals surface area contributed by atoms with E-state index in [1.165, 1.54) is 19.3 Å². The molecule has 1 aromatic carbocycles. The van der Waals surface area contributed by atoms with Crippen LogP contribution >= 0.6 is 0 Å². The summed E-state index contributed by atoms with van der Waals surface area (Å²) in [4.78, 5) is 11.7. The number of hydrazone groups is 1. The smallest absolute Gasteiger partial charge is 0.277 e. The van der Waals surface area contributed by atoms with Gasteiger partial charge in [-0.25, -0.2) is 5.43 Å². The van der Waals surface area contributed by atoms with Crippen molar-refractivity contribution in [2.75, 3.05) is 13.7 Å². The zero-order valence-electron chi connectivity index (χ0n) is 12.4. The molecule has 0 saturated heterocycles. The fraction of sp³-hybridized carbons (Fsp3) is 0.500. The minimum Gasteiger partial charge on any atom is -0.493 e. The molecule has 1 saturated carbocycles. The van der Waals surface area contributed by atoms with Gasteiger partial charge >= 0.3 is 0 Å². The minimum atomic E-state index is -0.270. The number of ether oxygens (including phenoxy) is 2. The van der Waals surface area contributed by atoms with Crippen LogP contribution in [0, 0.1) is 5.92 Å². The van der Waals surface area contributed by atoms with Crippen molar-refractivity contribution in [3.8, 4) is 11.5 Å². The number of nitrogens with one attached hydrogen (secondary N) is 1. The van der Waals surface area contributed by atoms with Crippen LogP contribution in [-0.2, 0) is 4.79 Å². The maximum absolute atomic E-state index is 11.7. The van der Waals surface area contributed by atoms with E-state index in [-0.39, 0.29) is 12.5 Å². The lowest BCUT2D eigenvalue weighted by Gasteiger charge is -2.16. The van der Waals surface area contributed by atoms with E-state index >= 15 is 0 Å². The molecular formula is C16H22N2O3. The second-order valence-electron chi connectivity index (χ2n) is 5.15. The molecule has 0 radical (unpaired) electrons. The topological polar surface area (TPSA) is 59.9 Å². The highest BCUT2D eigenvalue weighted by Crippen LogP contribution is 2.25. The number of para-hydroxylation sites is 2. The van der Waals surface area contributed by atoms with E-state index in [9.17, 15) is 4.79 Å². The molecular weight excluding hydrogens is 268 g/mol. The van der Waals surface area contributed by atoms with E-state index < -0.39 is 0 Å². The van der Waals surface area contributed by atoms with Crippen LogP contribution in [0.3, 0.4) is 0 Å². The van der Waals surface area contributed by atoms with Crippen molar-refractivity contribution in [3.05, 3.63) is 24.3 Å². The van der Waals surface area contributed by atoms with Gasteiger partial charge in [0.05, 0.1) is 7.11 Å². The predicted octanol–water partition coefficient (Wildman–Crippen LogP) is 2.76. The van der Waals surface area contributed by atoms with Gasteiger partial charge in [-0.3, -0.25) is 4.79 Å². The maximum Gasteiger partial charge on any atom is 0.277 e. The molecule has 0 aliphatic heterocycles. The zero-order chi connectivity index (χ0) is 14.9. The average Bonchev–Trinajstić information content (AvgIpc) is 2.54. The molecule has 0 aromatic heterocycles. The van der Waals surface area contributed by atoms with Crippen LogP contribution in [0.15, 0.2) is 29.4 Å². The SMILES string of the molecule is COc1ccccc1OCC(=O)NN=CC1CCCCC1. The Morgan fingerprint density at radius 3 is 2.71 bits per heavy atom. The minimum absolute atomic E-state index is 0.0810. The van der Waals surface area contributed by atoms with Crippen molar-refractivity contribution in [1.29, 1.82) is 0 Å². The van der Waals surface area contributed by atoms with Gasteiger partial charge in [0.2, 0.25) is 0 Å². The quantitative estimate of drug-likeness (QED) is 0.647. The van der Waals surface area contributed by atoms with Gasteiger partial charge in [0, 0.05) is 6.21 Å². The molecule has 0 unspecified atom stereocenters. The Balaban J connectivity index is 1.73. The zero-order valence-corrected chi connectivity index (χ0v) is 12.4. The lowest BCUT2D eigenvalue weighted by Crippen LogP contribution is -2.25. The van der Waals surface area contributed by atoms with Gasteiger partial charge in [-0.2, -0.15) is 5.10 Å². The Morgan fingerprint density at radius 2 is 2.00 bits per heavy atom. The van der Waals surface area contributed by atoms with Crippen molar-refractivity contribution in [2.45, 2.75) is 32.1 Å². The lowest BCUT2D eigenvalue weighted by atomic mass is 9.90. The van der Waals surface area contributed by atoms with E-state index in [0.717, 1.165) is 12.8 Å². The standard InChI is InChI=1S/C16H22N2O3/c1-20-14-9-5-6-10-15(14)21-12-16(19)18-17-11-13-7-3-2-4-8-13/h5-6,9-11,13H,2-4,7-8,12H2,1H3,(H,18,19). The third kappa shape index (κ3) is 5.10. The van der Waals surface area contributed by atoms with Gasteiger partial charge in [-0.1, -0.05) is 31.4 Å². The van der Waals surface area contributed by atoms with Crippen LogP contribution in [0.4, 0.5) is 0 Å². The summed E-state index contributed by atoms with van der Waals surface area (Å²) in [5.74, 6) is 1.38. The Kier molecular flexibility index (Phi) is 6.06. The van der Waals surface area contributed by atoms with Crippen molar-refractivity contribution in [3.63, 3.8) is 0 Å². The largest absolute Gasteiger partial charge is 0.493 e. The van der Waals surface area contributed by atoms with E-state index in [1.54, 1.807) is 19.2 Å². The fourth-order valence-electron chi connectivity index (χ4n) is 2.41. The number of methoxy groups -OCH3 is 1. The van der Waals surface area contributed by atoms with Crippen LogP contribution in [0.1, 0.15) is 32.1 Å². The monoisotopic (exact) mass is 290 g/mol. The van der Waals surface area contributed by atoms with Gasteiger partial charge < -0.3 is 9.47 Å². The number of benzene rings is 1. The van der Waals surface area contributed by atoms with Crippen molar-refractivity contribution in [2.24, 2.45) is 11.0 Å². The highest BCUT2D eigenvalue weighted by molar-refractivity contribution is 5.78. The Morgan fingerprint density at radius 1 is 1.29 bits per heavy atom. The predicted molar refractivity (Wildman–Crippen MR) is 81.7 cm³/mol. The third-order valence-corrected chi connectivity index (χ3v) is 3.55. The highest BCUT2D eigenvalue weighted by Gasteiger charge is 2.11. The first-order valence-corrected chi connectivity index (χ1v) is 7.37. The van der Waals surface area contributed by atoms with Crippen LogP contribution in [-0.4, -0.2) is 25.8 Å². The van der Waals surface area contributed by atoms with Crippen molar-refractivity contribution >= 4 is 12.1 Å². The van der Waals surface area contributed by atoms with E-state index in [0.29, 0.717) is 17.4 Å². The molecule has 1 fully saturated rings. The summed E-state index contributed by atoms with van der Waals surface area (Å²) in [6.45, 7) is -0.0810. The van der Waals surface area contributed by atoms with Crippen molar-refractivity contribution in [1.82, 2.24) is 5.43 Å². The third-order valence-electron chi connectivity index (χ3n) is 3.55. The number of carbonyl (C=O) groups excluding carboxylic acids is 1. The van der Waals surface area contributed by atoms with E-state index in [1.807, 2.05) is 18.3 Å². The first kappa shape index (κ1) is 15.4. The second kappa shape index (κ2) is 8.29. The molecule has 21 heavy (non-hydrogen) atoms. The number of carbonyl (C=O) groups is 1. The first-order valence-electron chi connectivity index (χ1n) is 7.37. The molecule has 5 heteroatoms. The number of hydrogen-bond donors (Lipinski definition) is 1. The van der Waals surface area contributed by atoms with Gasteiger partial charge in [-0.05, 0) is 30.9 Å². The number of rotatable bonds is 6. The molecule has 1 aromatic rings. The first-order chi connectivity index (χ1) is 10.3. The number of hydrogen-bond acceptors (Lipinski definition) is 4.